The van der Waals surface area contributed by atoms with E-state index < -0.39 is 5.95 Å². The predicted octanol–water partition coefficient (Wildman–Crippen LogP) is 1.49. The minimum Gasteiger partial charge on any atom is -0.298 e. The molecule has 0 N–H and O–H groups in total. The molecule has 0 aliphatic heterocycles. The number of aryl methyl sites for hydroxylation is 2. The normalized spacial score (nSPS) is 10.9. The number of aromatic nitrogens is 3. The fraction of sp³-hybridized carbons (Fsp3) is 0.250. The smallest absolute Gasteiger partial charge is 0.229 e. The van der Waals surface area contributed by atoms with Gasteiger partial charge in [0.25, 0.3) is 0 Å². The van der Waals surface area contributed by atoms with Crippen LogP contribution in [0.3, 0.4) is 0 Å². The van der Waals surface area contributed by atoms with E-state index in [1.165, 1.54) is 12.4 Å². The number of rotatable bonds is 0. The highest BCUT2D eigenvalue weighted by Crippen LogP contribution is 2.09. The topological polar surface area (TPSA) is 30.2 Å². The maximum absolute atomic E-state index is 12.7. The minimum absolute atomic E-state index is 0.483. The third-order valence-corrected chi connectivity index (χ3v) is 1.95. The van der Waals surface area contributed by atoms with Gasteiger partial charge >= 0.3 is 0 Å². The zero-order valence-electron chi connectivity index (χ0n) is 6.87. The molecule has 0 aliphatic rings. The molecule has 0 fully saturated rings. The molecular formula is C8H8FN3. The molecule has 4 heteroatoms. The molecule has 0 bridgehead atoms. The van der Waals surface area contributed by atoms with E-state index in [2.05, 4.69) is 9.97 Å². The molecule has 0 saturated heterocycles. The highest BCUT2D eigenvalue weighted by molar-refractivity contribution is 5.39. The molecule has 2 rings (SSSR count). The summed E-state index contributed by atoms with van der Waals surface area (Å²) in [6.45, 7) is 3.79. The summed E-state index contributed by atoms with van der Waals surface area (Å²) in [5.41, 5.74) is 2.54. The standard InChI is InChI=1S/C8H8FN3/c1-5-6(2)12-4-7(9)10-3-8(12)11-5/h3-4H,1-2H3. The molecule has 0 saturated carbocycles. The van der Waals surface area contributed by atoms with Crippen molar-refractivity contribution < 1.29 is 4.39 Å². The van der Waals surface area contributed by atoms with Gasteiger partial charge in [0.2, 0.25) is 5.95 Å². The molecule has 0 aliphatic carbocycles. The van der Waals surface area contributed by atoms with Gasteiger partial charge in [0.1, 0.15) is 0 Å². The number of fused-ring (bicyclic) bond motifs is 1. The van der Waals surface area contributed by atoms with Crippen LogP contribution in [0.15, 0.2) is 12.4 Å². The first kappa shape index (κ1) is 7.21. The van der Waals surface area contributed by atoms with E-state index >= 15 is 0 Å². The molecule has 62 valence electrons. The van der Waals surface area contributed by atoms with Crippen molar-refractivity contribution in [3.63, 3.8) is 0 Å². The molecule has 3 nitrogen and oxygen atoms in total. The fourth-order valence-corrected chi connectivity index (χ4v) is 1.17. The molecule has 2 aromatic rings. The van der Waals surface area contributed by atoms with E-state index in [0.717, 1.165) is 11.4 Å². The molecular weight excluding hydrogens is 157 g/mol. The van der Waals surface area contributed by atoms with E-state index in [0.29, 0.717) is 5.65 Å². The maximum Gasteiger partial charge on any atom is 0.229 e. The lowest BCUT2D eigenvalue weighted by molar-refractivity contribution is 0.574. The number of hydrogen-bond acceptors (Lipinski definition) is 2. The van der Waals surface area contributed by atoms with E-state index in [9.17, 15) is 4.39 Å². The highest BCUT2D eigenvalue weighted by atomic mass is 19.1. The van der Waals surface area contributed by atoms with Gasteiger partial charge in [-0.1, -0.05) is 0 Å². The summed E-state index contributed by atoms with van der Waals surface area (Å²) in [5.74, 6) is -0.483. The van der Waals surface area contributed by atoms with Crippen molar-refractivity contribution in [1.29, 1.82) is 0 Å². The maximum atomic E-state index is 12.7. The van der Waals surface area contributed by atoms with Crippen LogP contribution in [0.4, 0.5) is 4.39 Å². The van der Waals surface area contributed by atoms with Gasteiger partial charge in [0.05, 0.1) is 18.1 Å². The summed E-state index contributed by atoms with van der Waals surface area (Å²) < 4.78 is 14.4. The van der Waals surface area contributed by atoms with Crippen LogP contribution in [0.2, 0.25) is 0 Å². The lowest BCUT2D eigenvalue weighted by atomic mass is 10.4. The van der Waals surface area contributed by atoms with Gasteiger partial charge in [-0.3, -0.25) is 4.40 Å². The molecule has 0 radical (unpaired) electrons. The Morgan fingerprint density at radius 1 is 1.42 bits per heavy atom. The van der Waals surface area contributed by atoms with Crippen molar-refractivity contribution in [2.45, 2.75) is 13.8 Å². The summed E-state index contributed by atoms with van der Waals surface area (Å²) in [6.07, 6.45) is 2.76. The molecule has 2 heterocycles. The Morgan fingerprint density at radius 3 is 2.92 bits per heavy atom. The van der Waals surface area contributed by atoms with Crippen molar-refractivity contribution in [2.75, 3.05) is 0 Å². The van der Waals surface area contributed by atoms with Crippen molar-refractivity contribution in [3.8, 4) is 0 Å². The summed E-state index contributed by atoms with van der Waals surface area (Å²) in [6, 6.07) is 0. The van der Waals surface area contributed by atoms with E-state index in [-0.39, 0.29) is 0 Å². The zero-order valence-corrected chi connectivity index (χ0v) is 6.87. The second kappa shape index (κ2) is 2.27. The first-order valence-electron chi connectivity index (χ1n) is 3.65. The number of imidazole rings is 1. The second-order valence-electron chi connectivity index (χ2n) is 2.72. The van der Waals surface area contributed by atoms with Crippen LogP contribution in [0.5, 0.6) is 0 Å². The molecule has 0 atom stereocenters. The lowest BCUT2D eigenvalue weighted by Gasteiger charge is -1.94. The average Bonchev–Trinajstić information content (AvgIpc) is 2.31. The molecule has 0 aromatic carbocycles. The van der Waals surface area contributed by atoms with Crippen molar-refractivity contribution in [2.24, 2.45) is 0 Å². The van der Waals surface area contributed by atoms with Crippen LogP contribution >= 0.6 is 0 Å². The van der Waals surface area contributed by atoms with Crippen LogP contribution in [-0.4, -0.2) is 14.4 Å². The van der Waals surface area contributed by atoms with Gasteiger partial charge in [-0.25, -0.2) is 9.97 Å². The van der Waals surface area contributed by atoms with Gasteiger partial charge in [-0.05, 0) is 13.8 Å². The number of hydrogen-bond donors (Lipinski definition) is 0. The second-order valence-corrected chi connectivity index (χ2v) is 2.72. The van der Waals surface area contributed by atoms with Crippen LogP contribution in [0, 0.1) is 19.8 Å². The summed E-state index contributed by atoms with van der Waals surface area (Å²) in [5, 5.41) is 0. The summed E-state index contributed by atoms with van der Waals surface area (Å²) in [7, 11) is 0. The Balaban J connectivity index is 2.88. The summed E-state index contributed by atoms with van der Waals surface area (Å²) in [4.78, 5) is 7.70. The van der Waals surface area contributed by atoms with Gasteiger partial charge < -0.3 is 0 Å². The van der Waals surface area contributed by atoms with Crippen LogP contribution < -0.4 is 0 Å². The van der Waals surface area contributed by atoms with Crippen molar-refractivity contribution in [1.82, 2.24) is 14.4 Å². The SMILES string of the molecule is Cc1nc2cnc(F)cn2c1C. The zero-order chi connectivity index (χ0) is 8.72. The Kier molecular flexibility index (Phi) is 1.36. The lowest BCUT2D eigenvalue weighted by Crippen LogP contribution is -1.91. The van der Waals surface area contributed by atoms with Gasteiger partial charge in [0.15, 0.2) is 5.65 Å². The highest BCUT2D eigenvalue weighted by Gasteiger charge is 2.04. The van der Waals surface area contributed by atoms with E-state index in [4.69, 9.17) is 0 Å². The molecule has 12 heavy (non-hydrogen) atoms. The quantitative estimate of drug-likeness (QED) is 0.592. The monoisotopic (exact) mass is 165 g/mol. The van der Waals surface area contributed by atoms with Crippen LogP contribution in [0.1, 0.15) is 11.4 Å². The first-order valence-corrected chi connectivity index (χ1v) is 3.65. The fourth-order valence-electron chi connectivity index (χ4n) is 1.17. The Labute approximate surface area is 68.9 Å². The average molecular weight is 165 g/mol. The third kappa shape index (κ3) is 0.879. The van der Waals surface area contributed by atoms with Crippen molar-refractivity contribution in [3.05, 3.63) is 29.7 Å². The minimum atomic E-state index is -0.483. The molecule has 0 spiro atoms. The van der Waals surface area contributed by atoms with Gasteiger partial charge in [0, 0.05) is 5.69 Å². The largest absolute Gasteiger partial charge is 0.298 e. The van der Waals surface area contributed by atoms with Crippen LogP contribution in [0.25, 0.3) is 5.65 Å². The Hall–Kier alpha value is -1.45. The number of nitrogens with zero attached hydrogens (tertiary/aromatic N) is 3. The predicted molar refractivity (Wildman–Crippen MR) is 42.4 cm³/mol. The molecule has 2 aromatic heterocycles. The first-order chi connectivity index (χ1) is 5.68. The molecule has 0 unspecified atom stereocenters. The molecule has 0 amide bonds. The van der Waals surface area contributed by atoms with Gasteiger partial charge in [-0.2, -0.15) is 4.39 Å². The summed E-state index contributed by atoms with van der Waals surface area (Å²) >= 11 is 0. The Bertz CT molecular complexity index is 433. The van der Waals surface area contributed by atoms with Crippen LogP contribution in [-0.2, 0) is 0 Å². The number of halogens is 1. The van der Waals surface area contributed by atoms with E-state index in [1.807, 2.05) is 13.8 Å². The third-order valence-electron chi connectivity index (χ3n) is 1.95. The van der Waals surface area contributed by atoms with E-state index in [1.54, 1.807) is 4.40 Å². The van der Waals surface area contributed by atoms with Crippen molar-refractivity contribution >= 4 is 5.65 Å². The van der Waals surface area contributed by atoms with Gasteiger partial charge in [-0.15, -0.1) is 0 Å². The Morgan fingerprint density at radius 2 is 2.17 bits per heavy atom.